The number of halogens is 1. The van der Waals surface area contributed by atoms with Crippen LogP contribution in [0.4, 0.5) is 0 Å². The second kappa shape index (κ2) is 6.56. The molecule has 2 heterocycles. The molecule has 2 atom stereocenters. The van der Waals surface area contributed by atoms with Crippen LogP contribution in [0.5, 0.6) is 0 Å². The van der Waals surface area contributed by atoms with Crippen LogP contribution in [0.25, 0.3) is 0 Å². The lowest BCUT2D eigenvalue weighted by Crippen LogP contribution is -2.24. The van der Waals surface area contributed by atoms with E-state index in [0.29, 0.717) is 5.02 Å². The maximum Gasteiger partial charge on any atom is 0.0845 e. The number of aromatic nitrogens is 1. The molecule has 1 aliphatic rings. The van der Waals surface area contributed by atoms with E-state index >= 15 is 0 Å². The summed E-state index contributed by atoms with van der Waals surface area (Å²) in [6.07, 6.45) is 5.43. The van der Waals surface area contributed by atoms with Gasteiger partial charge in [0.15, 0.2) is 0 Å². The maximum absolute atomic E-state index is 6.27. The quantitative estimate of drug-likeness (QED) is 0.935. The average molecular weight is 303 g/mol. The molecule has 2 aromatic rings. The molecule has 1 aromatic carbocycles. The molecule has 0 bridgehead atoms. The number of hydrogen-bond acceptors (Lipinski definition) is 3. The number of ether oxygens (including phenoxy) is 1. The topological polar surface area (TPSA) is 34.1 Å². The molecule has 0 amide bonds. The first kappa shape index (κ1) is 14.5. The van der Waals surface area contributed by atoms with Gasteiger partial charge in [0, 0.05) is 18.4 Å². The van der Waals surface area contributed by atoms with Gasteiger partial charge in [-0.15, -0.1) is 0 Å². The van der Waals surface area contributed by atoms with Gasteiger partial charge < -0.3 is 10.1 Å². The summed E-state index contributed by atoms with van der Waals surface area (Å²) in [4.78, 5) is 4.05. The van der Waals surface area contributed by atoms with E-state index in [0.717, 1.165) is 25.0 Å². The number of nitrogens with zero attached hydrogens (tertiary/aromatic N) is 1. The Balaban J connectivity index is 1.84. The molecule has 0 saturated carbocycles. The van der Waals surface area contributed by atoms with Crippen molar-refractivity contribution in [3.63, 3.8) is 0 Å². The number of fused-ring (bicyclic) bond motifs is 1. The van der Waals surface area contributed by atoms with Crippen LogP contribution in [0.3, 0.4) is 0 Å². The van der Waals surface area contributed by atoms with Gasteiger partial charge in [0.2, 0.25) is 0 Å². The number of hydrogen-bond donors (Lipinski definition) is 1. The van der Waals surface area contributed by atoms with Gasteiger partial charge in [0.05, 0.1) is 17.7 Å². The van der Waals surface area contributed by atoms with E-state index in [-0.39, 0.29) is 12.1 Å². The SMILES string of the molecule is CNC(CC1OCCc2ccccc21)c1ccncc1Cl. The number of pyridine rings is 1. The Hall–Kier alpha value is -1.42. The molecule has 3 rings (SSSR count). The Kier molecular flexibility index (Phi) is 4.54. The summed E-state index contributed by atoms with van der Waals surface area (Å²) in [7, 11) is 1.95. The van der Waals surface area contributed by atoms with Crippen LogP contribution in [0.1, 0.15) is 35.3 Å². The monoisotopic (exact) mass is 302 g/mol. The number of nitrogens with one attached hydrogen (secondary N) is 1. The number of rotatable bonds is 4. The molecule has 3 nitrogen and oxygen atoms in total. The first-order valence-corrected chi connectivity index (χ1v) is 7.63. The summed E-state index contributed by atoms with van der Waals surface area (Å²) in [5, 5.41) is 4.04. The van der Waals surface area contributed by atoms with E-state index in [9.17, 15) is 0 Å². The Morgan fingerprint density at radius 3 is 3.05 bits per heavy atom. The molecule has 0 spiro atoms. The normalized spacial score (nSPS) is 19.0. The minimum absolute atomic E-state index is 0.108. The lowest BCUT2D eigenvalue weighted by molar-refractivity contribution is 0.0298. The molecular formula is C17H19ClN2O. The van der Waals surface area contributed by atoms with Gasteiger partial charge >= 0.3 is 0 Å². The minimum atomic E-state index is 0.108. The highest BCUT2D eigenvalue weighted by molar-refractivity contribution is 6.31. The summed E-state index contributed by atoms with van der Waals surface area (Å²) in [5.74, 6) is 0. The van der Waals surface area contributed by atoms with Crippen LogP contribution in [0.2, 0.25) is 5.02 Å². The van der Waals surface area contributed by atoms with Crippen LogP contribution in [0, 0.1) is 0 Å². The molecule has 0 aliphatic carbocycles. The van der Waals surface area contributed by atoms with Crippen molar-refractivity contribution in [3.05, 3.63) is 64.4 Å². The summed E-state index contributed by atoms with van der Waals surface area (Å²) in [5.41, 5.74) is 3.76. The van der Waals surface area contributed by atoms with Crippen molar-refractivity contribution in [1.82, 2.24) is 10.3 Å². The molecule has 4 heteroatoms. The third-order valence-corrected chi connectivity index (χ3v) is 4.39. The van der Waals surface area contributed by atoms with Gasteiger partial charge in [-0.05, 0) is 42.6 Å². The van der Waals surface area contributed by atoms with E-state index in [1.54, 1.807) is 12.4 Å². The van der Waals surface area contributed by atoms with Crippen molar-refractivity contribution in [3.8, 4) is 0 Å². The molecule has 1 aromatic heterocycles. The summed E-state index contributed by atoms with van der Waals surface area (Å²) in [6.45, 7) is 0.780. The standard InChI is InChI=1S/C17H19ClN2O/c1-19-16(14-6-8-20-11-15(14)18)10-17-13-5-3-2-4-12(13)7-9-21-17/h2-6,8,11,16-17,19H,7,9-10H2,1H3. The Morgan fingerprint density at radius 2 is 2.24 bits per heavy atom. The molecular weight excluding hydrogens is 284 g/mol. The Morgan fingerprint density at radius 1 is 1.38 bits per heavy atom. The Labute approximate surface area is 130 Å². The third-order valence-electron chi connectivity index (χ3n) is 4.07. The molecule has 21 heavy (non-hydrogen) atoms. The van der Waals surface area contributed by atoms with Crippen LogP contribution >= 0.6 is 11.6 Å². The highest BCUT2D eigenvalue weighted by Crippen LogP contribution is 2.35. The first-order valence-electron chi connectivity index (χ1n) is 7.25. The zero-order valence-corrected chi connectivity index (χ0v) is 12.8. The van der Waals surface area contributed by atoms with Crippen LogP contribution in [-0.4, -0.2) is 18.6 Å². The molecule has 2 unspecified atom stereocenters. The average Bonchev–Trinajstić information content (AvgIpc) is 2.53. The lowest BCUT2D eigenvalue weighted by atomic mass is 9.91. The summed E-state index contributed by atoms with van der Waals surface area (Å²) in [6, 6.07) is 10.7. The molecule has 0 radical (unpaired) electrons. The van der Waals surface area contributed by atoms with E-state index < -0.39 is 0 Å². The van der Waals surface area contributed by atoms with Crippen LogP contribution in [0.15, 0.2) is 42.7 Å². The smallest absolute Gasteiger partial charge is 0.0845 e. The Bertz CT molecular complexity index is 617. The second-order valence-electron chi connectivity index (χ2n) is 5.28. The molecule has 1 N–H and O–H groups in total. The largest absolute Gasteiger partial charge is 0.373 e. The van der Waals surface area contributed by atoms with Crippen molar-refractivity contribution >= 4 is 11.6 Å². The first-order chi connectivity index (χ1) is 10.3. The van der Waals surface area contributed by atoms with Gasteiger partial charge in [-0.25, -0.2) is 0 Å². The predicted molar refractivity (Wildman–Crippen MR) is 84.5 cm³/mol. The van der Waals surface area contributed by atoms with E-state index in [4.69, 9.17) is 16.3 Å². The van der Waals surface area contributed by atoms with Crippen molar-refractivity contribution in [2.24, 2.45) is 0 Å². The highest BCUT2D eigenvalue weighted by Gasteiger charge is 2.25. The molecule has 0 saturated heterocycles. The predicted octanol–water partition coefficient (Wildman–Crippen LogP) is 3.70. The van der Waals surface area contributed by atoms with E-state index in [1.165, 1.54) is 11.1 Å². The second-order valence-corrected chi connectivity index (χ2v) is 5.69. The molecule has 1 aliphatic heterocycles. The summed E-state index contributed by atoms with van der Waals surface area (Å²) < 4.78 is 6.00. The van der Waals surface area contributed by atoms with Crippen molar-refractivity contribution < 1.29 is 4.74 Å². The molecule has 110 valence electrons. The summed E-state index contributed by atoms with van der Waals surface area (Å²) >= 11 is 6.27. The van der Waals surface area contributed by atoms with Gasteiger partial charge in [-0.2, -0.15) is 0 Å². The maximum atomic E-state index is 6.27. The van der Waals surface area contributed by atoms with Crippen molar-refractivity contribution in [2.45, 2.75) is 25.0 Å². The molecule has 0 fully saturated rings. The van der Waals surface area contributed by atoms with E-state index in [1.807, 2.05) is 13.1 Å². The van der Waals surface area contributed by atoms with Gasteiger partial charge in [0.1, 0.15) is 0 Å². The van der Waals surface area contributed by atoms with Crippen molar-refractivity contribution in [2.75, 3.05) is 13.7 Å². The van der Waals surface area contributed by atoms with E-state index in [2.05, 4.69) is 34.6 Å². The zero-order chi connectivity index (χ0) is 14.7. The lowest BCUT2D eigenvalue weighted by Gasteiger charge is -2.29. The fraction of sp³-hybridized carbons (Fsp3) is 0.353. The highest BCUT2D eigenvalue weighted by atomic mass is 35.5. The van der Waals surface area contributed by atoms with Gasteiger partial charge in [-0.1, -0.05) is 35.9 Å². The fourth-order valence-electron chi connectivity index (χ4n) is 2.95. The fourth-order valence-corrected chi connectivity index (χ4v) is 3.21. The number of benzene rings is 1. The zero-order valence-electron chi connectivity index (χ0n) is 12.1. The van der Waals surface area contributed by atoms with Crippen LogP contribution in [-0.2, 0) is 11.2 Å². The van der Waals surface area contributed by atoms with Gasteiger partial charge in [0.25, 0.3) is 0 Å². The minimum Gasteiger partial charge on any atom is -0.373 e. The van der Waals surface area contributed by atoms with Gasteiger partial charge in [-0.3, -0.25) is 4.98 Å². The van der Waals surface area contributed by atoms with Crippen molar-refractivity contribution in [1.29, 1.82) is 0 Å². The third kappa shape index (κ3) is 3.10. The van der Waals surface area contributed by atoms with Crippen LogP contribution < -0.4 is 5.32 Å².